The monoisotopic (exact) mass is 639 g/mol. The van der Waals surface area contributed by atoms with Crippen LogP contribution in [-0.4, -0.2) is 87.6 Å². The zero-order valence-corrected chi connectivity index (χ0v) is 24.5. The number of hydrogen-bond donors (Lipinski definition) is 3. The van der Waals surface area contributed by atoms with Gasteiger partial charge >= 0.3 is 12.2 Å². The van der Waals surface area contributed by atoms with Gasteiger partial charge in [0.05, 0.1) is 39.5 Å². The molecule has 4 saturated heterocycles. The van der Waals surface area contributed by atoms with Crippen LogP contribution in [0.5, 0.6) is 6.01 Å². The number of nitrogens with zero attached hydrogens (tertiary/aromatic N) is 5. The number of alkyl halides is 4. The third-order valence-corrected chi connectivity index (χ3v) is 9.73. The fourth-order valence-electron chi connectivity index (χ4n) is 7.56. The first-order valence-corrected chi connectivity index (χ1v) is 15.0. The molecule has 7 rings (SSSR count). The van der Waals surface area contributed by atoms with Crippen LogP contribution in [0.25, 0.3) is 22.2 Å². The maximum Gasteiger partial charge on any atom is 0.418 e. The first kappa shape index (κ1) is 29.6. The number of aromatic nitrogens is 3. The summed E-state index contributed by atoms with van der Waals surface area (Å²) in [4.78, 5) is 16.8. The molecule has 44 heavy (non-hydrogen) atoms. The Morgan fingerprint density at radius 2 is 2.00 bits per heavy atom. The lowest BCUT2D eigenvalue weighted by atomic mass is 9.95. The van der Waals surface area contributed by atoms with Crippen molar-refractivity contribution in [2.75, 3.05) is 43.4 Å². The van der Waals surface area contributed by atoms with Gasteiger partial charge in [-0.15, -0.1) is 0 Å². The molecule has 0 spiro atoms. The molecule has 6 heterocycles. The second kappa shape index (κ2) is 10.5. The van der Waals surface area contributed by atoms with Crippen molar-refractivity contribution >= 4 is 34.1 Å². The smallest absolute Gasteiger partial charge is 0.418 e. The normalized spacial score (nSPS) is 28.7. The van der Waals surface area contributed by atoms with Crippen LogP contribution < -0.4 is 20.7 Å². The van der Waals surface area contributed by atoms with Gasteiger partial charge in [-0.05, 0) is 50.4 Å². The summed E-state index contributed by atoms with van der Waals surface area (Å²) in [6, 6.07) is 1.88. The van der Waals surface area contributed by atoms with Crippen molar-refractivity contribution in [3.05, 3.63) is 34.1 Å². The van der Waals surface area contributed by atoms with Crippen LogP contribution in [0, 0.1) is 12.7 Å². The first-order chi connectivity index (χ1) is 20.8. The second-order valence-electron chi connectivity index (χ2n) is 12.4. The topological polar surface area (TPSA) is 113 Å². The Balaban J connectivity index is 1.38. The number of nitrogen functional groups attached to an aromatic ring is 1. The molecule has 0 saturated carbocycles. The van der Waals surface area contributed by atoms with E-state index in [1.54, 1.807) is 0 Å². The molecule has 4 aliphatic heterocycles. The molecule has 4 fully saturated rings. The first-order valence-electron chi connectivity index (χ1n) is 14.6. The number of piperazine rings is 1. The summed E-state index contributed by atoms with van der Waals surface area (Å²) in [5.74, 6) is -1.09. The predicted octanol–water partition coefficient (Wildman–Crippen LogP) is 4.26. The van der Waals surface area contributed by atoms with Gasteiger partial charge < -0.3 is 25.8 Å². The molecule has 5 atom stereocenters. The van der Waals surface area contributed by atoms with E-state index in [1.165, 1.54) is 13.0 Å². The van der Waals surface area contributed by atoms with Crippen molar-refractivity contribution in [1.29, 1.82) is 0 Å². The number of ether oxygens (including phenoxy) is 1. The van der Waals surface area contributed by atoms with Crippen LogP contribution in [-0.2, 0) is 6.18 Å². The molecule has 15 heteroatoms. The molecule has 2 aromatic heterocycles. The van der Waals surface area contributed by atoms with Crippen LogP contribution in [0.4, 0.5) is 33.6 Å². The Morgan fingerprint density at radius 3 is 2.75 bits per heavy atom. The number of aliphatic hydroxyl groups is 1. The lowest BCUT2D eigenvalue weighted by Crippen LogP contribution is -2.53. The second-order valence-corrected chi connectivity index (χ2v) is 12.8. The fraction of sp³-hybridized carbons (Fsp3) is 0.552. The minimum atomic E-state index is -4.88. The summed E-state index contributed by atoms with van der Waals surface area (Å²) in [6.07, 6.45) is -4.02. The molecule has 1 aromatic carbocycles. The predicted molar refractivity (Wildman–Crippen MR) is 154 cm³/mol. The number of pyridine rings is 1. The zero-order valence-electron chi connectivity index (χ0n) is 23.8. The molecular weight excluding hydrogens is 609 g/mol. The lowest BCUT2D eigenvalue weighted by Gasteiger charge is -2.35. The van der Waals surface area contributed by atoms with Crippen LogP contribution in [0.2, 0.25) is 5.02 Å². The Labute approximate surface area is 254 Å². The number of halogens is 6. The largest absolute Gasteiger partial charge is 0.461 e. The zero-order chi connectivity index (χ0) is 31.1. The average Bonchev–Trinajstić information content (AvgIpc) is 3.54. The van der Waals surface area contributed by atoms with Gasteiger partial charge in [-0.25, -0.2) is 13.8 Å². The minimum Gasteiger partial charge on any atom is -0.461 e. The number of anilines is 2. The molecule has 3 aromatic rings. The van der Waals surface area contributed by atoms with Crippen LogP contribution in [0.15, 0.2) is 12.1 Å². The van der Waals surface area contributed by atoms with Crippen molar-refractivity contribution in [2.45, 2.75) is 68.7 Å². The Bertz CT molecular complexity index is 1640. The van der Waals surface area contributed by atoms with E-state index in [4.69, 9.17) is 22.1 Å². The van der Waals surface area contributed by atoms with E-state index >= 15 is 4.39 Å². The lowest BCUT2D eigenvalue weighted by molar-refractivity contribution is -0.137. The van der Waals surface area contributed by atoms with E-state index in [0.717, 1.165) is 25.5 Å². The molecule has 9 nitrogen and oxygen atoms in total. The standard InChI is InChI=1S/C29H31ClF5N7O2/c1-13-5-20(36)38-25(22(13)29(33,34)35)21-17(30)7-16-24(23(21)32)39-27(44-12-28-3-2-4-42(28)9-14(31)8-28)40-26(16)41-10-15-6-19(43)18(11-41)37-15/h5,7,14-15,18-19,37,43H,2-4,6,8-12H2,1H3,(H2,36,38)/t14-,15-,18+,19-,28+/m1/s1. The molecule has 0 unspecified atom stereocenters. The van der Waals surface area contributed by atoms with Crippen molar-refractivity contribution < 1.29 is 31.8 Å². The van der Waals surface area contributed by atoms with Gasteiger partial charge in [-0.2, -0.15) is 23.1 Å². The van der Waals surface area contributed by atoms with E-state index < -0.39 is 46.6 Å². The number of rotatable bonds is 5. The van der Waals surface area contributed by atoms with Crippen LogP contribution in [0.3, 0.4) is 0 Å². The highest BCUT2D eigenvalue weighted by atomic mass is 35.5. The Kier molecular flexibility index (Phi) is 7.07. The number of aliphatic hydroxyl groups excluding tert-OH is 1. The van der Waals surface area contributed by atoms with Crippen molar-refractivity contribution in [1.82, 2.24) is 25.2 Å². The number of hydrogen-bond acceptors (Lipinski definition) is 9. The summed E-state index contributed by atoms with van der Waals surface area (Å²) in [7, 11) is 0. The Morgan fingerprint density at radius 1 is 1.20 bits per heavy atom. The summed E-state index contributed by atoms with van der Waals surface area (Å²) in [5.41, 5.74) is 2.23. The molecule has 0 amide bonds. The molecule has 0 radical (unpaired) electrons. The third-order valence-electron chi connectivity index (χ3n) is 9.43. The quantitative estimate of drug-likeness (QED) is 0.353. The van der Waals surface area contributed by atoms with Gasteiger partial charge in [0, 0.05) is 37.5 Å². The molecule has 0 aliphatic carbocycles. The number of benzene rings is 1. The van der Waals surface area contributed by atoms with Crippen LogP contribution in [0.1, 0.15) is 36.8 Å². The highest BCUT2D eigenvalue weighted by Crippen LogP contribution is 2.45. The third kappa shape index (κ3) is 4.90. The molecule has 4 N–H and O–H groups in total. The maximum atomic E-state index is 16.6. The van der Waals surface area contributed by atoms with Crippen molar-refractivity contribution in [3.8, 4) is 17.3 Å². The van der Waals surface area contributed by atoms with E-state index in [2.05, 4.69) is 25.2 Å². The summed E-state index contributed by atoms with van der Waals surface area (Å²) in [5, 5.41) is 13.6. The average molecular weight is 640 g/mol. The van der Waals surface area contributed by atoms with Gasteiger partial charge in [0.1, 0.15) is 29.9 Å². The fourth-order valence-corrected chi connectivity index (χ4v) is 7.84. The summed E-state index contributed by atoms with van der Waals surface area (Å²) in [6.45, 7) is 3.09. The molecule has 236 valence electrons. The van der Waals surface area contributed by atoms with E-state index in [9.17, 15) is 22.7 Å². The summed E-state index contributed by atoms with van der Waals surface area (Å²) < 4.78 is 79.7. The van der Waals surface area contributed by atoms with Crippen LogP contribution >= 0.6 is 11.6 Å². The molecular formula is C29H31ClF5N7O2. The molecule has 2 bridgehead atoms. The van der Waals surface area contributed by atoms with E-state index in [-0.39, 0.29) is 57.8 Å². The van der Waals surface area contributed by atoms with Gasteiger partial charge in [0.2, 0.25) is 0 Å². The van der Waals surface area contributed by atoms with Gasteiger partial charge in [0.25, 0.3) is 0 Å². The van der Waals surface area contributed by atoms with E-state index in [0.29, 0.717) is 32.5 Å². The minimum absolute atomic E-state index is 0.0579. The van der Waals surface area contributed by atoms with Crippen molar-refractivity contribution in [2.24, 2.45) is 0 Å². The summed E-state index contributed by atoms with van der Waals surface area (Å²) >= 11 is 6.55. The molecule has 4 aliphatic rings. The number of fused-ring (bicyclic) bond motifs is 4. The maximum absolute atomic E-state index is 16.6. The number of aryl methyl sites for hydroxylation is 1. The Hall–Kier alpha value is -3.07. The SMILES string of the molecule is Cc1cc(N)nc(-c2c(Cl)cc3c(N4C[C@H]5C[C@@H](O)[C@H](C4)N5)nc(OC[C@@]45CCCN4C[C@H](F)C5)nc3c2F)c1C(F)(F)F. The highest BCUT2D eigenvalue weighted by Gasteiger charge is 2.49. The number of nitrogens with one attached hydrogen (secondary N) is 1. The van der Waals surface area contributed by atoms with Crippen molar-refractivity contribution in [3.63, 3.8) is 0 Å². The van der Waals surface area contributed by atoms with E-state index in [1.807, 2.05) is 4.90 Å². The highest BCUT2D eigenvalue weighted by molar-refractivity contribution is 6.34. The number of nitrogens with two attached hydrogens (primary N) is 1. The van der Waals surface area contributed by atoms with Gasteiger partial charge in [-0.1, -0.05) is 11.6 Å². The van der Waals surface area contributed by atoms with Gasteiger partial charge in [-0.3, -0.25) is 4.90 Å². The van der Waals surface area contributed by atoms with Gasteiger partial charge in [0.15, 0.2) is 5.82 Å².